The molecule has 0 saturated carbocycles. The molecule has 1 heterocycles. The van der Waals surface area contributed by atoms with Crippen LogP contribution in [0.1, 0.15) is 28.9 Å². The first-order valence-corrected chi connectivity index (χ1v) is 9.04. The van der Waals surface area contributed by atoms with Gasteiger partial charge >= 0.3 is 12.0 Å². The van der Waals surface area contributed by atoms with Crippen LogP contribution in [0.15, 0.2) is 53.7 Å². The molecule has 0 aliphatic carbocycles. The standard InChI is InChI=1S/C18H17F2N3O4S/c1-2-21-18(26)23-14(24)13(11-7-4-3-5-8-11)27-16(25)12-9-6-10-22-15(12)28-17(19)20/h3-10,13,17H,2H2,1H3,(H2,21,23,24,26)/t13-/m1/s1. The summed E-state index contributed by atoms with van der Waals surface area (Å²) in [5.74, 6) is -4.68. The normalized spacial score (nSPS) is 11.6. The molecular formula is C18H17F2N3O4S. The van der Waals surface area contributed by atoms with Gasteiger partial charge in [0.25, 0.3) is 11.7 Å². The zero-order chi connectivity index (χ0) is 20.5. The van der Waals surface area contributed by atoms with Crippen molar-refractivity contribution < 1.29 is 27.9 Å². The van der Waals surface area contributed by atoms with Crippen LogP contribution in [0.5, 0.6) is 0 Å². The van der Waals surface area contributed by atoms with Crippen LogP contribution in [0.3, 0.4) is 0 Å². The lowest BCUT2D eigenvalue weighted by Gasteiger charge is -2.18. The highest BCUT2D eigenvalue weighted by Crippen LogP contribution is 2.28. The SMILES string of the molecule is CCNC(=O)NC(=O)[C@H](OC(=O)c1cccnc1SC(F)F)c1ccccc1. The number of carbonyl (C=O) groups excluding carboxylic acids is 3. The van der Waals surface area contributed by atoms with Gasteiger partial charge in [-0.05, 0) is 30.8 Å². The number of aromatic nitrogens is 1. The lowest BCUT2D eigenvalue weighted by molar-refractivity contribution is -0.129. The van der Waals surface area contributed by atoms with Crippen LogP contribution in [0, 0.1) is 0 Å². The molecular weight excluding hydrogens is 392 g/mol. The number of thioether (sulfide) groups is 1. The van der Waals surface area contributed by atoms with Crippen LogP contribution < -0.4 is 10.6 Å². The third kappa shape index (κ3) is 6.02. The Morgan fingerprint density at radius 2 is 1.86 bits per heavy atom. The second kappa shape index (κ2) is 10.4. The summed E-state index contributed by atoms with van der Waals surface area (Å²) >= 11 is 0.0920. The Balaban J connectivity index is 2.27. The van der Waals surface area contributed by atoms with Crippen LogP contribution in [0.4, 0.5) is 13.6 Å². The topological polar surface area (TPSA) is 97.4 Å². The van der Waals surface area contributed by atoms with Gasteiger partial charge in [0.1, 0.15) is 5.03 Å². The molecule has 2 rings (SSSR count). The summed E-state index contributed by atoms with van der Waals surface area (Å²) in [5.41, 5.74) is 0.101. The first kappa shape index (κ1) is 21.3. The second-order valence-corrected chi connectivity index (χ2v) is 6.26. The minimum absolute atomic E-state index is 0.0920. The van der Waals surface area contributed by atoms with E-state index < -0.39 is 29.8 Å². The van der Waals surface area contributed by atoms with Gasteiger partial charge in [0.05, 0.1) is 5.56 Å². The van der Waals surface area contributed by atoms with Crippen LogP contribution in [-0.4, -0.2) is 35.2 Å². The van der Waals surface area contributed by atoms with Gasteiger partial charge in [0.15, 0.2) is 0 Å². The number of pyridine rings is 1. The third-order valence-electron chi connectivity index (χ3n) is 3.33. The number of halogens is 2. The Labute approximate surface area is 163 Å². The summed E-state index contributed by atoms with van der Waals surface area (Å²) in [6, 6.07) is 9.92. The molecule has 2 N–H and O–H groups in total. The van der Waals surface area contributed by atoms with Crippen molar-refractivity contribution in [3.63, 3.8) is 0 Å². The van der Waals surface area contributed by atoms with Gasteiger partial charge in [-0.15, -0.1) is 0 Å². The fraction of sp³-hybridized carbons (Fsp3) is 0.222. The van der Waals surface area contributed by atoms with Crippen molar-refractivity contribution in [1.82, 2.24) is 15.6 Å². The average Bonchev–Trinajstić information content (AvgIpc) is 2.66. The lowest BCUT2D eigenvalue weighted by atomic mass is 10.1. The third-order valence-corrected chi connectivity index (χ3v) is 4.06. The summed E-state index contributed by atoms with van der Waals surface area (Å²) in [4.78, 5) is 40.4. The molecule has 0 unspecified atom stereocenters. The van der Waals surface area contributed by atoms with Crippen molar-refractivity contribution in [3.05, 3.63) is 59.8 Å². The molecule has 0 radical (unpaired) electrons. The zero-order valence-corrected chi connectivity index (χ0v) is 15.5. The molecule has 2 aromatic rings. The molecule has 0 fully saturated rings. The van der Waals surface area contributed by atoms with E-state index in [0.29, 0.717) is 12.1 Å². The Bertz CT molecular complexity index is 837. The fourth-order valence-electron chi connectivity index (χ4n) is 2.18. The lowest BCUT2D eigenvalue weighted by Crippen LogP contribution is -2.42. The number of ether oxygens (including phenoxy) is 1. The van der Waals surface area contributed by atoms with E-state index in [9.17, 15) is 23.2 Å². The number of alkyl halides is 2. The highest BCUT2D eigenvalue weighted by molar-refractivity contribution is 7.99. The summed E-state index contributed by atoms with van der Waals surface area (Å²) in [6.45, 7) is 1.96. The van der Waals surface area contributed by atoms with Gasteiger partial charge in [0, 0.05) is 18.3 Å². The number of nitrogens with zero attached hydrogens (tertiary/aromatic N) is 1. The van der Waals surface area contributed by atoms with Crippen LogP contribution >= 0.6 is 11.8 Å². The minimum Gasteiger partial charge on any atom is -0.444 e. The van der Waals surface area contributed by atoms with E-state index in [1.54, 1.807) is 25.1 Å². The van der Waals surface area contributed by atoms with Crippen molar-refractivity contribution in [1.29, 1.82) is 0 Å². The number of hydrogen-bond acceptors (Lipinski definition) is 6. The molecule has 1 atom stereocenters. The fourth-order valence-corrected chi connectivity index (χ4v) is 2.75. The molecule has 1 aromatic carbocycles. The smallest absolute Gasteiger partial charge is 0.342 e. The molecule has 1 aromatic heterocycles. The van der Waals surface area contributed by atoms with Crippen LogP contribution in [0.2, 0.25) is 0 Å². The second-order valence-electron chi connectivity index (χ2n) is 5.28. The van der Waals surface area contributed by atoms with Gasteiger partial charge in [-0.3, -0.25) is 10.1 Å². The Morgan fingerprint density at radius 3 is 2.50 bits per heavy atom. The van der Waals surface area contributed by atoms with Gasteiger partial charge < -0.3 is 10.1 Å². The maximum absolute atomic E-state index is 12.7. The quantitative estimate of drug-likeness (QED) is 0.539. The zero-order valence-electron chi connectivity index (χ0n) is 14.7. The predicted molar refractivity (Wildman–Crippen MR) is 97.9 cm³/mol. The largest absolute Gasteiger partial charge is 0.444 e. The van der Waals surface area contributed by atoms with Crippen molar-refractivity contribution in [2.24, 2.45) is 0 Å². The molecule has 28 heavy (non-hydrogen) atoms. The van der Waals surface area contributed by atoms with E-state index in [4.69, 9.17) is 4.74 Å². The van der Waals surface area contributed by atoms with Gasteiger partial charge in [0.2, 0.25) is 6.10 Å². The van der Waals surface area contributed by atoms with E-state index in [-0.39, 0.29) is 22.4 Å². The van der Waals surface area contributed by atoms with Crippen molar-refractivity contribution in [2.75, 3.05) is 6.54 Å². The number of rotatable bonds is 7. The molecule has 0 saturated heterocycles. The average molecular weight is 409 g/mol. The molecule has 3 amide bonds. The highest BCUT2D eigenvalue weighted by Gasteiger charge is 2.28. The molecule has 0 spiro atoms. The van der Waals surface area contributed by atoms with Crippen molar-refractivity contribution in [2.45, 2.75) is 23.8 Å². The molecule has 0 bridgehead atoms. The van der Waals surface area contributed by atoms with Crippen molar-refractivity contribution in [3.8, 4) is 0 Å². The first-order chi connectivity index (χ1) is 13.4. The van der Waals surface area contributed by atoms with E-state index in [1.807, 2.05) is 0 Å². The maximum Gasteiger partial charge on any atom is 0.342 e. The Hall–Kier alpha value is -3.01. The number of amides is 3. The monoisotopic (exact) mass is 409 g/mol. The van der Waals surface area contributed by atoms with Gasteiger partial charge in [-0.25, -0.2) is 14.6 Å². The number of urea groups is 1. The number of imide groups is 1. The number of nitrogens with one attached hydrogen (secondary N) is 2. The summed E-state index contributed by atoms with van der Waals surface area (Å²) in [5, 5.41) is 4.24. The number of carbonyl (C=O) groups is 3. The molecule has 10 heteroatoms. The van der Waals surface area contributed by atoms with E-state index in [1.165, 1.54) is 30.5 Å². The number of hydrogen-bond donors (Lipinski definition) is 2. The van der Waals surface area contributed by atoms with Gasteiger partial charge in [-0.2, -0.15) is 8.78 Å². The van der Waals surface area contributed by atoms with E-state index >= 15 is 0 Å². The Kier molecular flexibility index (Phi) is 7.88. The molecule has 0 aliphatic heterocycles. The Morgan fingerprint density at radius 1 is 1.14 bits per heavy atom. The summed E-state index contributed by atoms with van der Waals surface area (Å²) < 4.78 is 30.7. The minimum atomic E-state index is -2.78. The highest BCUT2D eigenvalue weighted by atomic mass is 32.2. The van der Waals surface area contributed by atoms with E-state index in [0.717, 1.165) is 0 Å². The number of esters is 1. The molecule has 7 nitrogen and oxygen atoms in total. The van der Waals surface area contributed by atoms with Gasteiger partial charge in [-0.1, -0.05) is 30.3 Å². The number of benzene rings is 1. The van der Waals surface area contributed by atoms with Crippen molar-refractivity contribution >= 4 is 29.7 Å². The summed E-state index contributed by atoms with van der Waals surface area (Å²) in [7, 11) is 0. The van der Waals surface area contributed by atoms with E-state index in [2.05, 4.69) is 15.6 Å². The van der Waals surface area contributed by atoms with Crippen LogP contribution in [-0.2, 0) is 9.53 Å². The first-order valence-electron chi connectivity index (χ1n) is 8.16. The summed E-state index contributed by atoms with van der Waals surface area (Å²) in [6.07, 6.45) is -0.196. The molecule has 148 valence electrons. The van der Waals surface area contributed by atoms with Crippen LogP contribution in [0.25, 0.3) is 0 Å². The molecule has 0 aliphatic rings. The predicted octanol–water partition coefficient (Wildman–Crippen LogP) is 3.14. The maximum atomic E-state index is 12.7.